The summed E-state index contributed by atoms with van der Waals surface area (Å²) in [5.41, 5.74) is 3.27. The molecule has 2 fully saturated rings. The molecule has 1 N–H and O–H groups in total. The summed E-state index contributed by atoms with van der Waals surface area (Å²) >= 11 is 0. The first-order valence-electron chi connectivity index (χ1n) is 9.54. The molecule has 0 radical (unpaired) electrons. The minimum Gasteiger partial charge on any atom is -0.380 e. The van der Waals surface area contributed by atoms with Gasteiger partial charge >= 0.3 is 0 Å². The molecule has 2 saturated heterocycles. The van der Waals surface area contributed by atoms with Crippen molar-refractivity contribution in [2.75, 3.05) is 31.6 Å². The Hall–Kier alpha value is -2.05. The number of ether oxygens (including phenoxy) is 1. The van der Waals surface area contributed by atoms with Crippen molar-refractivity contribution in [2.45, 2.75) is 45.1 Å². The first kappa shape index (κ1) is 17.4. The van der Waals surface area contributed by atoms with Crippen LogP contribution in [0.3, 0.4) is 0 Å². The molecule has 1 unspecified atom stereocenters. The van der Waals surface area contributed by atoms with Crippen LogP contribution < -0.4 is 5.32 Å². The maximum atomic E-state index is 5.54. The van der Waals surface area contributed by atoms with E-state index in [2.05, 4.69) is 37.3 Å². The molecule has 0 saturated carbocycles. The minimum absolute atomic E-state index is 0.595. The van der Waals surface area contributed by atoms with Gasteiger partial charge in [-0.2, -0.15) is 0 Å². The molecule has 138 valence electrons. The molecule has 4 rings (SSSR count). The lowest BCUT2D eigenvalue weighted by molar-refractivity contribution is 0.122. The second-order valence-corrected chi connectivity index (χ2v) is 7.40. The summed E-state index contributed by atoms with van der Waals surface area (Å²) in [7, 11) is 0. The fourth-order valence-electron chi connectivity index (χ4n) is 4.07. The van der Waals surface area contributed by atoms with E-state index < -0.39 is 0 Å². The van der Waals surface area contributed by atoms with Crippen LogP contribution in [-0.2, 0) is 4.74 Å². The molecule has 4 heterocycles. The van der Waals surface area contributed by atoms with Gasteiger partial charge in [-0.1, -0.05) is 0 Å². The van der Waals surface area contributed by atoms with E-state index in [9.17, 15) is 0 Å². The zero-order valence-electron chi connectivity index (χ0n) is 15.6. The van der Waals surface area contributed by atoms with Crippen molar-refractivity contribution in [2.24, 2.45) is 0 Å². The number of anilines is 2. The first-order valence-corrected chi connectivity index (χ1v) is 9.54. The SMILES string of the molecule is Cc1cc(C)nc(Nc2cc(C3CCN(C4CCOC4)CC3)ccn2)n1. The lowest BCUT2D eigenvalue weighted by Crippen LogP contribution is -2.41. The van der Waals surface area contributed by atoms with Gasteiger partial charge in [0, 0.05) is 30.2 Å². The van der Waals surface area contributed by atoms with E-state index >= 15 is 0 Å². The minimum atomic E-state index is 0.595. The van der Waals surface area contributed by atoms with Gasteiger partial charge in [-0.25, -0.2) is 15.0 Å². The average Bonchev–Trinajstić information content (AvgIpc) is 3.16. The highest BCUT2D eigenvalue weighted by Gasteiger charge is 2.28. The highest BCUT2D eigenvalue weighted by Crippen LogP contribution is 2.31. The Morgan fingerprint density at radius 2 is 1.85 bits per heavy atom. The van der Waals surface area contributed by atoms with E-state index in [-0.39, 0.29) is 0 Å². The van der Waals surface area contributed by atoms with E-state index in [1.165, 1.54) is 24.8 Å². The van der Waals surface area contributed by atoms with Crippen LogP contribution in [0.2, 0.25) is 0 Å². The van der Waals surface area contributed by atoms with Gasteiger partial charge in [0.1, 0.15) is 5.82 Å². The van der Waals surface area contributed by atoms with Crippen LogP contribution in [0.4, 0.5) is 11.8 Å². The van der Waals surface area contributed by atoms with Gasteiger partial charge in [-0.15, -0.1) is 0 Å². The average molecular weight is 353 g/mol. The summed E-state index contributed by atoms with van der Waals surface area (Å²) in [5.74, 6) is 2.03. The third-order valence-corrected chi connectivity index (χ3v) is 5.43. The van der Waals surface area contributed by atoms with Crippen LogP contribution in [0.5, 0.6) is 0 Å². The molecule has 0 aliphatic carbocycles. The van der Waals surface area contributed by atoms with Crippen LogP contribution in [0.15, 0.2) is 24.4 Å². The summed E-state index contributed by atoms with van der Waals surface area (Å²) < 4.78 is 5.54. The molecule has 2 aliphatic heterocycles. The van der Waals surface area contributed by atoms with Gasteiger partial charge in [0.05, 0.1) is 6.61 Å². The number of aryl methyl sites for hydroxylation is 2. The lowest BCUT2D eigenvalue weighted by atomic mass is 9.89. The predicted octanol–water partition coefficient (Wildman–Crippen LogP) is 3.20. The molecule has 1 atom stereocenters. The van der Waals surface area contributed by atoms with Gasteiger partial charge in [0.25, 0.3) is 0 Å². The second kappa shape index (κ2) is 7.68. The largest absolute Gasteiger partial charge is 0.380 e. The molecule has 26 heavy (non-hydrogen) atoms. The standard InChI is InChI=1S/C20H27N5O/c1-14-11-15(2)23-20(22-14)24-19-12-17(3-7-21-19)16-4-8-25(9-5-16)18-6-10-26-13-18/h3,7,11-12,16,18H,4-6,8-10,13H2,1-2H3,(H,21,22,23,24). The maximum Gasteiger partial charge on any atom is 0.228 e. The topological polar surface area (TPSA) is 63.2 Å². The Balaban J connectivity index is 1.41. The Kier molecular flexibility index (Phi) is 5.13. The molecular weight excluding hydrogens is 326 g/mol. The molecular formula is C20H27N5O. The molecule has 2 aliphatic rings. The number of nitrogens with one attached hydrogen (secondary N) is 1. The second-order valence-electron chi connectivity index (χ2n) is 7.40. The summed E-state index contributed by atoms with van der Waals surface area (Å²) in [6, 6.07) is 6.90. The van der Waals surface area contributed by atoms with E-state index in [0.29, 0.717) is 17.9 Å². The quantitative estimate of drug-likeness (QED) is 0.911. The van der Waals surface area contributed by atoms with Crippen LogP contribution >= 0.6 is 0 Å². The third kappa shape index (κ3) is 4.02. The molecule has 0 amide bonds. The van der Waals surface area contributed by atoms with Gasteiger partial charge < -0.3 is 10.1 Å². The van der Waals surface area contributed by atoms with Gasteiger partial charge in [0.15, 0.2) is 0 Å². The molecule has 0 aromatic carbocycles. The Morgan fingerprint density at radius 1 is 1.08 bits per heavy atom. The fourth-order valence-corrected chi connectivity index (χ4v) is 4.07. The van der Waals surface area contributed by atoms with Crippen LogP contribution in [0.25, 0.3) is 0 Å². The van der Waals surface area contributed by atoms with Crippen molar-refractivity contribution in [3.05, 3.63) is 41.3 Å². The van der Waals surface area contributed by atoms with Crippen LogP contribution in [0.1, 0.15) is 42.1 Å². The van der Waals surface area contributed by atoms with Gasteiger partial charge in [0.2, 0.25) is 5.95 Å². The normalized spacial score (nSPS) is 21.8. The van der Waals surface area contributed by atoms with Crippen molar-refractivity contribution in [3.63, 3.8) is 0 Å². The van der Waals surface area contributed by atoms with E-state index in [0.717, 1.165) is 43.5 Å². The van der Waals surface area contributed by atoms with Crippen molar-refractivity contribution in [1.82, 2.24) is 19.9 Å². The van der Waals surface area contributed by atoms with Gasteiger partial charge in [-0.05, 0) is 75.9 Å². The monoisotopic (exact) mass is 353 g/mol. The predicted molar refractivity (Wildman–Crippen MR) is 102 cm³/mol. The fraction of sp³-hybridized carbons (Fsp3) is 0.550. The van der Waals surface area contributed by atoms with Crippen molar-refractivity contribution in [1.29, 1.82) is 0 Å². The number of hydrogen-bond donors (Lipinski definition) is 1. The number of nitrogens with zero attached hydrogens (tertiary/aromatic N) is 4. The highest BCUT2D eigenvalue weighted by molar-refractivity contribution is 5.49. The Morgan fingerprint density at radius 3 is 2.54 bits per heavy atom. The van der Waals surface area contributed by atoms with Crippen LogP contribution in [-0.4, -0.2) is 52.2 Å². The van der Waals surface area contributed by atoms with E-state index in [1.54, 1.807) is 0 Å². The number of hydrogen-bond acceptors (Lipinski definition) is 6. The maximum absolute atomic E-state index is 5.54. The summed E-state index contributed by atoms with van der Waals surface area (Å²) in [6.45, 7) is 8.10. The number of aromatic nitrogens is 3. The van der Waals surface area contributed by atoms with Crippen molar-refractivity contribution < 1.29 is 4.74 Å². The number of rotatable bonds is 4. The molecule has 2 aromatic rings. The van der Waals surface area contributed by atoms with Gasteiger partial charge in [-0.3, -0.25) is 4.90 Å². The summed E-state index contributed by atoms with van der Waals surface area (Å²) in [5, 5.41) is 3.26. The van der Waals surface area contributed by atoms with Crippen LogP contribution in [0, 0.1) is 13.8 Å². The summed E-state index contributed by atoms with van der Waals surface area (Å²) in [6.07, 6.45) is 5.46. The van der Waals surface area contributed by atoms with E-state index in [1.807, 2.05) is 26.1 Å². The first-order chi connectivity index (χ1) is 12.7. The molecule has 0 spiro atoms. The van der Waals surface area contributed by atoms with Crippen molar-refractivity contribution >= 4 is 11.8 Å². The molecule has 6 heteroatoms. The number of piperidine rings is 1. The Labute approximate surface area is 155 Å². The number of pyridine rings is 1. The highest BCUT2D eigenvalue weighted by atomic mass is 16.5. The lowest BCUT2D eigenvalue weighted by Gasteiger charge is -2.35. The van der Waals surface area contributed by atoms with E-state index in [4.69, 9.17) is 4.74 Å². The zero-order valence-corrected chi connectivity index (χ0v) is 15.6. The van der Waals surface area contributed by atoms with Crippen molar-refractivity contribution in [3.8, 4) is 0 Å². The molecule has 2 aromatic heterocycles. The number of likely N-dealkylation sites (tertiary alicyclic amines) is 1. The summed E-state index contributed by atoms with van der Waals surface area (Å²) in [4.78, 5) is 15.9. The zero-order chi connectivity index (χ0) is 17.9. The Bertz CT molecular complexity index is 731. The smallest absolute Gasteiger partial charge is 0.228 e. The third-order valence-electron chi connectivity index (χ3n) is 5.43. The molecule has 0 bridgehead atoms. The molecule has 6 nitrogen and oxygen atoms in total.